The number of hydrogen-bond donors (Lipinski definition) is 4. The average Bonchev–Trinajstić information content (AvgIpc) is 3.28. The van der Waals surface area contributed by atoms with Crippen LogP contribution >= 0.6 is 12.4 Å². The third kappa shape index (κ3) is 4.31. The van der Waals surface area contributed by atoms with Gasteiger partial charge in [-0.3, -0.25) is 4.79 Å². The number of nitrogens with one attached hydrogen (secondary N) is 3. The van der Waals surface area contributed by atoms with E-state index in [1.807, 2.05) is 0 Å². The lowest BCUT2D eigenvalue weighted by atomic mass is 10.1. The van der Waals surface area contributed by atoms with Crippen LogP contribution in [0.5, 0.6) is 5.75 Å². The largest absolute Gasteiger partial charge is 0.483 e. The smallest absolute Gasteiger partial charge is 0.417 e. The maximum absolute atomic E-state index is 13.3. The molecule has 2 aromatic heterocycles. The molecule has 1 aromatic carbocycles. The summed E-state index contributed by atoms with van der Waals surface area (Å²) in [6.45, 7) is -0.110. The van der Waals surface area contributed by atoms with Crippen molar-refractivity contribution in [3.05, 3.63) is 35.3 Å². The number of aliphatic imine (C=N–C) groups is 1. The Morgan fingerprint density at radius 1 is 1.39 bits per heavy atom. The molecule has 5 N–H and O–H groups in total. The van der Waals surface area contributed by atoms with Gasteiger partial charge in [-0.2, -0.15) is 18.2 Å². The molecule has 2 heterocycles. The second-order valence-electron chi connectivity index (χ2n) is 5.27. The van der Waals surface area contributed by atoms with Gasteiger partial charge in [0.1, 0.15) is 18.1 Å². The topological polar surface area (TPSA) is 147 Å². The lowest BCUT2D eigenvalue weighted by Gasteiger charge is -2.11. The molecule has 0 bridgehead atoms. The van der Waals surface area contributed by atoms with Gasteiger partial charge in [-0.1, -0.05) is 0 Å². The van der Waals surface area contributed by atoms with Crippen LogP contribution in [0.1, 0.15) is 21.9 Å². The molecule has 0 fully saturated rings. The van der Waals surface area contributed by atoms with Gasteiger partial charge in [0.15, 0.2) is 11.8 Å². The van der Waals surface area contributed by atoms with Gasteiger partial charge in [-0.05, 0) is 28.6 Å². The fourth-order valence-corrected chi connectivity index (χ4v) is 2.29. The Morgan fingerprint density at radius 3 is 2.75 bits per heavy atom. The first-order chi connectivity index (χ1) is 12.8. The number of H-pyrrole nitrogens is 2. The highest BCUT2D eigenvalue weighted by molar-refractivity contribution is 6.05. The van der Waals surface area contributed by atoms with E-state index in [9.17, 15) is 18.0 Å². The van der Waals surface area contributed by atoms with E-state index in [4.69, 9.17) is 10.5 Å². The third-order valence-electron chi connectivity index (χ3n) is 3.52. The zero-order chi connectivity index (χ0) is 19.6. The number of ether oxygens (including phenoxy) is 1. The quantitative estimate of drug-likeness (QED) is 0.369. The van der Waals surface area contributed by atoms with Crippen LogP contribution in [-0.4, -0.2) is 44.5 Å². The maximum atomic E-state index is 13.3. The van der Waals surface area contributed by atoms with E-state index in [2.05, 4.69) is 35.9 Å². The number of fused-ring (bicyclic) bond motifs is 1. The van der Waals surface area contributed by atoms with Crippen LogP contribution in [-0.2, 0) is 12.8 Å². The molecule has 0 radical (unpaired) electrons. The van der Waals surface area contributed by atoms with E-state index >= 15 is 0 Å². The Labute approximate surface area is 161 Å². The normalized spacial score (nSPS) is 11.9. The van der Waals surface area contributed by atoms with Gasteiger partial charge in [-0.25, -0.2) is 5.10 Å². The van der Waals surface area contributed by atoms with Gasteiger partial charge in [-0.15, -0.1) is 17.5 Å². The number of alkyl halides is 3. The second-order valence-corrected chi connectivity index (χ2v) is 5.27. The fourth-order valence-electron chi connectivity index (χ4n) is 2.29. The van der Waals surface area contributed by atoms with Crippen LogP contribution in [0.3, 0.4) is 0 Å². The van der Waals surface area contributed by atoms with E-state index in [1.165, 1.54) is 7.05 Å². The summed E-state index contributed by atoms with van der Waals surface area (Å²) in [4.78, 5) is 18.2. The molecule has 3 aromatic rings. The Bertz CT molecular complexity index is 1000. The molecule has 150 valence electrons. The number of aromatic amines is 2. The second kappa shape index (κ2) is 8.12. The van der Waals surface area contributed by atoms with Gasteiger partial charge >= 0.3 is 6.18 Å². The highest BCUT2D eigenvalue weighted by atomic mass is 35.5. The number of carbonyl (C=O) groups excluding carboxylic acids is 1. The maximum Gasteiger partial charge on any atom is 0.417 e. The molecule has 0 aliphatic heterocycles. The van der Waals surface area contributed by atoms with Crippen molar-refractivity contribution in [2.75, 3.05) is 7.05 Å². The Hall–Kier alpha value is -3.35. The number of aromatic nitrogens is 5. The first kappa shape index (κ1) is 21.0. The molecule has 0 aliphatic carbocycles. The summed E-state index contributed by atoms with van der Waals surface area (Å²) in [5, 5.41) is 15.0. The molecular weight excluding hydrogens is 405 g/mol. The van der Waals surface area contributed by atoms with Crippen molar-refractivity contribution in [2.45, 2.75) is 12.8 Å². The minimum atomic E-state index is -4.62. The standard InChI is InChI=1S/C14H13F3N8O2.ClH/c1-19-13(18)21-12(26)8-4-6-7(14(15,16)17)2-3-9(11(6)20-8)27-5-10-22-24-25-23-10;/h2-4,20H,5H2,1H3,(H3,18,19,21,26)(H,22,23,24,25);1H. The van der Waals surface area contributed by atoms with Crippen LogP contribution in [0.25, 0.3) is 10.9 Å². The lowest BCUT2D eigenvalue weighted by molar-refractivity contribution is -0.136. The highest BCUT2D eigenvalue weighted by Crippen LogP contribution is 2.38. The summed E-state index contributed by atoms with van der Waals surface area (Å²) in [5.41, 5.74) is 4.30. The number of rotatable bonds is 4. The van der Waals surface area contributed by atoms with Gasteiger partial charge in [0.05, 0.1) is 11.1 Å². The number of amides is 1. The van der Waals surface area contributed by atoms with E-state index in [1.54, 1.807) is 0 Å². The molecule has 0 spiro atoms. The molecule has 28 heavy (non-hydrogen) atoms. The number of hydrogen-bond acceptors (Lipinski definition) is 5. The van der Waals surface area contributed by atoms with Gasteiger partial charge in [0.25, 0.3) is 5.91 Å². The van der Waals surface area contributed by atoms with Crippen LogP contribution in [0.2, 0.25) is 0 Å². The average molecular weight is 419 g/mol. The van der Waals surface area contributed by atoms with Gasteiger partial charge in [0.2, 0.25) is 0 Å². The minimum absolute atomic E-state index is 0. The van der Waals surface area contributed by atoms with E-state index in [0.717, 1.165) is 18.2 Å². The zero-order valence-corrected chi connectivity index (χ0v) is 15.0. The van der Waals surface area contributed by atoms with Crippen LogP contribution in [0, 0.1) is 0 Å². The van der Waals surface area contributed by atoms with Crippen LogP contribution in [0.15, 0.2) is 23.2 Å². The molecule has 3 rings (SSSR count). The summed E-state index contributed by atoms with van der Waals surface area (Å²) in [5.74, 6) is -0.656. The molecule has 0 saturated carbocycles. The van der Waals surface area contributed by atoms with Crippen molar-refractivity contribution in [2.24, 2.45) is 10.7 Å². The zero-order valence-electron chi connectivity index (χ0n) is 14.2. The summed E-state index contributed by atoms with van der Waals surface area (Å²) < 4.78 is 45.4. The van der Waals surface area contributed by atoms with Crippen molar-refractivity contribution in [3.8, 4) is 5.75 Å². The van der Waals surface area contributed by atoms with Crippen molar-refractivity contribution in [1.82, 2.24) is 30.9 Å². The Balaban J connectivity index is 0.00000280. The molecule has 1 amide bonds. The molecule has 0 aliphatic rings. The third-order valence-corrected chi connectivity index (χ3v) is 3.52. The molecular formula is C14H14ClF3N8O2. The minimum Gasteiger partial charge on any atom is -0.483 e. The number of nitrogens with zero attached hydrogens (tertiary/aromatic N) is 4. The number of benzene rings is 1. The summed E-state index contributed by atoms with van der Waals surface area (Å²) in [7, 11) is 1.45. The summed E-state index contributed by atoms with van der Waals surface area (Å²) in [6, 6.07) is 3.06. The van der Waals surface area contributed by atoms with E-state index in [-0.39, 0.29) is 53.1 Å². The molecule has 10 nitrogen and oxygen atoms in total. The predicted molar refractivity (Wildman–Crippen MR) is 94.1 cm³/mol. The van der Waals surface area contributed by atoms with Gasteiger partial charge in [0, 0.05) is 12.4 Å². The predicted octanol–water partition coefficient (Wildman–Crippen LogP) is 1.37. The summed E-state index contributed by atoms with van der Waals surface area (Å²) in [6.07, 6.45) is -4.62. The number of tetrazole rings is 1. The first-order valence-corrected chi connectivity index (χ1v) is 7.44. The Morgan fingerprint density at radius 2 is 2.14 bits per heavy atom. The number of halogens is 4. The monoisotopic (exact) mass is 418 g/mol. The number of guanidine groups is 1. The van der Waals surface area contributed by atoms with Crippen molar-refractivity contribution < 1.29 is 22.7 Å². The van der Waals surface area contributed by atoms with E-state index in [0.29, 0.717) is 0 Å². The van der Waals surface area contributed by atoms with Crippen LogP contribution < -0.4 is 15.8 Å². The molecule has 0 atom stereocenters. The first-order valence-electron chi connectivity index (χ1n) is 7.44. The SMILES string of the molecule is CNC(N)=NC(=O)c1cc2c(C(F)(F)F)ccc(OCc3nnn[nH]3)c2[nH]1.Cl. The van der Waals surface area contributed by atoms with Crippen molar-refractivity contribution in [3.63, 3.8) is 0 Å². The van der Waals surface area contributed by atoms with Crippen LogP contribution in [0.4, 0.5) is 13.2 Å². The number of carbonyl (C=O) groups is 1. The Kier molecular flexibility index (Phi) is 6.08. The lowest BCUT2D eigenvalue weighted by Crippen LogP contribution is -2.28. The van der Waals surface area contributed by atoms with E-state index < -0.39 is 17.6 Å². The highest BCUT2D eigenvalue weighted by Gasteiger charge is 2.34. The molecule has 0 unspecified atom stereocenters. The van der Waals surface area contributed by atoms with Crippen molar-refractivity contribution in [1.29, 1.82) is 0 Å². The fraction of sp³-hybridized carbons (Fsp3) is 0.214. The molecule has 0 saturated heterocycles. The van der Waals surface area contributed by atoms with Gasteiger partial charge < -0.3 is 20.8 Å². The van der Waals surface area contributed by atoms with Crippen molar-refractivity contribution >= 4 is 35.2 Å². The molecule has 14 heteroatoms. The number of nitrogens with two attached hydrogens (primary N) is 1. The summed E-state index contributed by atoms with van der Waals surface area (Å²) >= 11 is 0.